The molecule has 1 atom stereocenters. The molecule has 0 fully saturated rings. The van der Waals surface area contributed by atoms with E-state index in [0.717, 1.165) is 41.8 Å². The van der Waals surface area contributed by atoms with Crippen molar-refractivity contribution in [2.45, 2.75) is 49.8 Å². The fourth-order valence-electron chi connectivity index (χ4n) is 4.23. The Morgan fingerprint density at radius 2 is 1.94 bits per heavy atom. The second-order valence-corrected chi connectivity index (χ2v) is 10.5. The second kappa shape index (κ2) is 11.4. The Morgan fingerprint density at radius 1 is 1.12 bits per heavy atom. The molecule has 1 aromatic heterocycles. The predicted molar refractivity (Wildman–Crippen MR) is 140 cm³/mol. The van der Waals surface area contributed by atoms with E-state index in [9.17, 15) is 14.9 Å². The van der Waals surface area contributed by atoms with Crippen LogP contribution in [-0.4, -0.2) is 17.6 Å². The van der Waals surface area contributed by atoms with E-state index in [1.807, 2.05) is 37.3 Å². The fourth-order valence-corrected chi connectivity index (χ4v) is 6.28. The molecule has 4 rings (SSSR count). The van der Waals surface area contributed by atoms with Crippen molar-refractivity contribution in [3.8, 4) is 6.07 Å². The maximum absolute atomic E-state index is 12.7. The van der Waals surface area contributed by atoms with Crippen LogP contribution >= 0.6 is 23.1 Å². The minimum absolute atomic E-state index is 0.0115. The van der Waals surface area contributed by atoms with Gasteiger partial charge in [0.05, 0.1) is 11.3 Å². The van der Waals surface area contributed by atoms with Gasteiger partial charge in [-0.15, -0.1) is 23.1 Å². The molecule has 1 aliphatic rings. The summed E-state index contributed by atoms with van der Waals surface area (Å²) in [6, 6.07) is 20.3. The Hall–Kier alpha value is -3.08. The molecule has 5 nitrogen and oxygen atoms in total. The number of carbonyl (C=O) groups excluding carboxylic acids is 2. The molecule has 3 aromatic rings. The van der Waals surface area contributed by atoms with Crippen molar-refractivity contribution in [1.82, 2.24) is 0 Å². The molecule has 0 aliphatic heterocycles. The van der Waals surface area contributed by atoms with Crippen LogP contribution in [0.2, 0.25) is 0 Å². The molecule has 2 N–H and O–H groups in total. The summed E-state index contributed by atoms with van der Waals surface area (Å²) in [4.78, 5) is 26.6. The number of hydrogen-bond acceptors (Lipinski definition) is 5. The van der Waals surface area contributed by atoms with Gasteiger partial charge in [-0.1, -0.05) is 43.3 Å². The van der Waals surface area contributed by atoms with Gasteiger partial charge in [-0.2, -0.15) is 5.26 Å². The number of fused-ring (bicyclic) bond motifs is 1. The van der Waals surface area contributed by atoms with Gasteiger partial charge < -0.3 is 10.6 Å². The van der Waals surface area contributed by atoms with E-state index in [4.69, 9.17) is 0 Å². The smallest absolute Gasteiger partial charge is 0.235 e. The summed E-state index contributed by atoms with van der Waals surface area (Å²) >= 11 is 2.94. The third-order valence-electron chi connectivity index (χ3n) is 5.87. The number of benzene rings is 2. The lowest BCUT2D eigenvalue weighted by Crippen LogP contribution is -2.14. The third kappa shape index (κ3) is 5.88. The first-order chi connectivity index (χ1) is 16.6. The first-order valence-electron chi connectivity index (χ1n) is 11.5. The van der Waals surface area contributed by atoms with Gasteiger partial charge in [0, 0.05) is 21.9 Å². The van der Waals surface area contributed by atoms with Crippen LogP contribution in [0.15, 0.2) is 59.5 Å². The van der Waals surface area contributed by atoms with E-state index in [1.165, 1.54) is 33.5 Å². The van der Waals surface area contributed by atoms with Gasteiger partial charge in [-0.25, -0.2) is 0 Å². The van der Waals surface area contributed by atoms with Crippen LogP contribution in [0.1, 0.15) is 53.7 Å². The SMILES string of the molecule is CCCC(=O)Nc1cccc(SCC(=O)Nc2sc3c(c2C#N)CCC(c2ccccc2)C3)c1. The Kier molecular flexibility index (Phi) is 8.04. The van der Waals surface area contributed by atoms with E-state index < -0.39 is 0 Å². The van der Waals surface area contributed by atoms with Gasteiger partial charge in [-0.3, -0.25) is 9.59 Å². The lowest BCUT2D eigenvalue weighted by Gasteiger charge is -2.22. The van der Waals surface area contributed by atoms with Crippen LogP contribution in [0.3, 0.4) is 0 Å². The number of nitriles is 1. The van der Waals surface area contributed by atoms with Crippen LogP contribution in [0.25, 0.3) is 0 Å². The molecule has 7 heteroatoms. The second-order valence-electron chi connectivity index (χ2n) is 8.33. The highest BCUT2D eigenvalue weighted by Gasteiger charge is 2.27. The van der Waals surface area contributed by atoms with E-state index in [0.29, 0.717) is 22.9 Å². The molecule has 1 unspecified atom stereocenters. The number of nitrogens with zero attached hydrogens (tertiary/aromatic N) is 1. The van der Waals surface area contributed by atoms with Gasteiger partial charge >= 0.3 is 0 Å². The molecule has 1 aliphatic carbocycles. The van der Waals surface area contributed by atoms with Crippen LogP contribution < -0.4 is 10.6 Å². The normalized spacial score (nSPS) is 14.6. The van der Waals surface area contributed by atoms with Crippen molar-refractivity contribution >= 4 is 45.6 Å². The molecule has 2 amide bonds. The summed E-state index contributed by atoms with van der Waals surface area (Å²) in [5.74, 6) is 0.526. The molecule has 34 heavy (non-hydrogen) atoms. The monoisotopic (exact) mass is 489 g/mol. The first-order valence-corrected chi connectivity index (χ1v) is 13.3. The van der Waals surface area contributed by atoms with Gasteiger partial charge in [0.1, 0.15) is 11.1 Å². The summed E-state index contributed by atoms with van der Waals surface area (Å²) in [5, 5.41) is 16.3. The van der Waals surface area contributed by atoms with Gasteiger partial charge in [-0.05, 0) is 60.9 Å². The number of thioether (sulfide) groups is 1. The maximum Gasteiger partial charge on any atom is 0.235 e. The average Bonchev–Trinajstić information content (AvgIpc) is 3.19. The van der Waals surface area contributed by atoms with Gasteiger partial charge in [0.15, 0.2) is 0 Å². The Balaban J connectivity index is 1.38. The highest BCUT2D eigenvalue weighted by Crippen LogP contribution is 2.42. The summed E-state index contributed by atoms with van der Waals surface area (Å²) in [5.41, 5.74) is 3.77. The van der Waals surface area contributed by atoms with Crippen molar-refractivity contribution in [2.24, 2.45) is 0 Å². The summed E-state index contributed by atoms with van der Waals surface area (Å²) < 4.78 is 0. The fraction of sp³-hybridized carbons (Fsp3) is 0.296. The molecule has 0 radical (unpaired) electrons. The standard InChI is InChI=1S/C27H27N3O2S2/c1-2-7-25(31)29-20-10-6-11-21(15-20)33-17-26(32)30-27-23(16-28)22-13-12-19(14-24(22)34-27)18-8-4-3-5-9-18/h3-6,8-11,15,19H,2,7,12-14,17H2,1H3,(H,29,31)(H,30,32). The van der Waals surface area contributed by atoms with E-state index in [1.54, 1.807) is 0 Å². The zero-order chi connectivity index (χ0) is 23.9. The van der Waals surface area contributed by atoms with Crippen molar-refractivity contribution in [3.63, 3.8) is 0 Å². The maximum atomic E-state index is 12.7. The zero-order valence-corrected chi connectivity index (χ0v) is 20.7. The van der Waals surface area contributed by atoms with Crippen molar-refractivity contribution in [2.75, 3.05) is 16.4 Å². The van der Waals surface area contributed by atoms with Crippen molar-refractivity contribution in [1.29, 1.82) is 5.26 Å². The molecule has 0 saturated heterocycles. The van der Waals surface area contributed by atoms with Gasteiger partial charge in [0.2, 0.25) is 11.8 Å². The molecular formula is C27H27N3O2S2. The number of hydrogen-bond donors (Lipinski definition) is 2. The van der Waals surface area contributed by atoms with Crippen LogP contribution in [0.4, 0.5) is 10.7 Å². The minimum atomic E-state index is -0.139. The highest BCUT2D eigenvalue weighted by atomic mass is 32.2. The number of rotatable bonds is 8. The molecule has 2 aromatic carbocycles. The Labute approximate surface area is 208 Å². The Bertz CT molecular complexity index is 1210. The van der Waals surface area contributed by atoms with Gasteiger partial charge in [0.25, 0.3) is 0 Å². The van der Waals surface area contributed by atoms with Crippen LogP contribution in [-0.2, 0) is 22.4 Å². The first kappa shape index (κ1) is 24.1. The minimum Gasteiger partial charge on any atom is -0.326 e. The molecule has 0 saturated carbocycles. The molecular weight excluding hydrogens is 462 g/mol. The quantitative estimate of drug-likeness (QED) is 0.361. The average molecular weight is 490 g/mol. The third-order valence-corrected chi connectivity index (χ3v) is 8.03. The van der Waals surface area contributed by atoms with Crippen molar-refractivity contribution < 1.29 is 9.59 Å². The lowest BCUT2D eigenvalue weighted by atomic mass is 9.83. The zero-order valence-electron chi connectivity index (χ0n) is 19.1. The number of carbonyl (C=O) groups is 2. The largest absolute Gasteiger partial charge is 0.326 e. The highest BCUT2D eigenvalue weighted by molar-refractivity contribution is 8.00. The van der Waals surface area contributed by atoms with E-state index in [-0.39, 0.29) is 17.6 Å². The summed E-state index contributed by atoms with van der Waals surface area (Å²) in [6.07, 6.45) is 4.05. The Morgan fingerprint density at radius 3 is 2.71 bits per heavy atom. The number of thiophene rings is 1. The lowest BCUT2D eigenvalue weighted by molar-refractivity contribution is -0.116. The number of anilines is 2. The molecule has 1 heterocycles. The van der Waals surface area contributed by atoms with Crippen molar-refractivity contribution in [3.05, 3.63) is 76.2 Å². The predicted octanol–water partition coefficient (Wildman–Crippen LogP) is 6.36. The van der Waals surface area contributed by atoms with Crippen LogP contribution in [0.5, 0.6) is 0 Å². The topological polar surface area (TPSA) is 82.0 Å². The summed E-state index contributed by atoms with van der Waals surface area (Å²) in [6.45, 7) is 1.97. The van der Waals surface area contributed by atoms with E-state index in [2.05, 4.69) is 41.0 Å². The molecule has 174 valence electrons. The summed E-state index contributed by atoms with van der Waals surface area (Å²) in [7, 11) is 0. The number of amides is 2. The molecule has 0 bridgehead atoms. The number of nitrogens with one attached hydrogen (secondary N) is 2. The molecule has 0 spiro atoms. The van der Waals surface area contributed by atoms with E-state index >= 15 is 0 Å². The van der Waals surface area contributed by atoms with Crippen LogP contribution in [0, 0.1) is 11.3 Å².